The molecule has 20 heavy (non-hydrogen) atoms. The zero-order valence-electron chi connectivity index (χ0n) is 11.7. The summed E-state index contributed by atoms with van der Waals surface area (Å²) >= 11 is 1.82. The molecule has 0 amide bonds. The highest BCUT2D eigenvalue weighted by atomic mass is 32.2. The van der Waals surface area contributed by atoms with Crippen molar-refractivity contribution >= 4 is 28.6 Å². The fraction of sp³-hybridized carbons (Fsp3) is 0.158. The topological polar surface area (TPSA) is 0 Å². The van der Waals surface area contributed by atoms with Gasteiger partial charge in [-0.05, 0) is 28.3 Å². The van der Waals surface area contributed by atoms with Crippen LogP contribution < -0.4 is 0 Å². The van der Waals surface area contributed by atoms with Gasteiger partial charge in [0.2, 0.25) is 0 Å². The smallest absolute Gasteiger partial charge is 0.0113 e. The first kappa shape index (κ1) is 14.7. The summed E-state index contributed by atoms with van der Waals surface area (Å²) < 4.78 is 0. The Kier molecular flexibility index (Phi) is 5.69. The van der Waals surface area contributed by atoms with Gasteiger partial charge in [-0.25, -0.2) is 0 Å². The van der Waals surface area contributed by atoms with Gasteiger partial charge in [-0.1, -0.05) is 60.7 Å². The molecule has 0 fully saturated rings. The van der Waals surface area contributed by atoms with Crippen LogP contribution in [0.2, 0.25) is 0 Å². The van der Waals surface area contributed by atoms with E-state index in [1.165, 1.54) is 21.9 Å². The minimum absolute atomic E-state index is 1.03. The van der Waals surface area contributed by atoms with E-state index in [2.05, 4.69) is 61.7 Å². The zero-order valence-corrected chi connectivity index (χ0v) is 12.5. The Bertz CT molecular complexity index is 609. The van der Waals surface area contributed by atoms with E-state index < -0.39 is 0 Å². The predicted octanol–water partition coefficient (Wildman–Crippen LogP) is 5.50. The minimum Gasteiger partial charge on any atom is -0.154 e. The molecule has 0 spiro atoms. The third-order valence-electron chi connectivity index (χ3n) is 3.13. The summed E-state index contributed by atoms with van der Waals surface area (Å²) in [5.41, 5.74) is 2.81. The summed E-state index contributed by atoms with van der Waals surface area (Å²) in [4.78, 5) is 0. The van der Waals surface area contributed by atoms with E-state index in [-0.39, 0.29) is 0 Å². The Morgan fingerprint density at radius 3 is 2.40 bits per heavy atom. The number of allylic oxidation sites excluding steroid dienone is 1. The van der Waals surface area contributed by atoms with Gasteiger partial charge in [0.25, 0.3) is 0 Å². The molecule has 1 aliphatic carbocycles. The Morgan fingerprint density at radius 1 is 1.00 bits per heavy atom. The lowest BCUT2D eigenvalue weighted by Gasteiger charge is -2.11. The third kappa shape index (κ3) is 3.64. The van der Waals surface area contributed by atoms with E-state index in [0.717, 1.165) is 17.9 Å². The highest BCUT2D eigenvalue weighted by molar-refractivity contribution is 7.99. The number of hydrogen-bond acceptors (Lipinski definition) is 1. The summed E-state index contributed by atoms with van der Waals surface area (Å²) in [6.45, 7) is 7.15. The molecule has 0 N–H and O–H groups in total. The van der Waals surface area contributed by atoms with Crippen molar-refractivity contribution in [2.75, 3.05) is 11.5 Å². The first-order valence-corrected chi connectivity index (χ1v) is 7.99. The van der Waals surface area contributed by atoms with Gasteiger partial charge >= 0.3 is 0 Å². The summed E-state index contributed by atoms with van der Waals surface area (Å²) in [5.74, 6) is 2.07. The molecule has 0 unspecified atom stereocenters. The lowest BCUT2D eigenvalue weighted by atomic mass is 9.93. The van der Waals surface area contributed by atoms with Gasteiger partial charge in [0, 0.05) is 11.5 Å². The molecule has 0 aromatic heterocycles. The summed E-state index contributed by atoms with van der Waals surface area (Å²) in [5, 5.41) is 2.80. The van der Waals surface area contributed by atoms with Crippen LogP contribution in [0, 0.1) is 0 Å². The van der Waals surface area contributed by atoms with Crippen molar-refractivity contribution in [1.29, 1.82) is 0 Å². The van der Waals surface area contributed by atoms with E-state index in [9.17, 15) is 0 Å². The van der Waals surface area contributed by atoms with Crippen LogP contribution in [0.15, 0.2) is 67.8 Å². The maximum Gasteiger partial charge on any atom is 0.0113 e. The Labute approximate surface area is 125 Å². The largest absolute Gasteiger partial charge is 0.154 e. The van der Waals surface area contributed by atoms with Crippen LogP contribution in [0.5, 0.6) is 0 Å². The van der Waals surface area contributed by atoms with E-state index >= 15 is 0 Å². The average Bonchev–Trinajstić information content (AvgIpc) is 2.50. The number of rotatable bonds is 4. The fourth-order valence-corrected chi connectivity index (χ4v) is 2.78. The highest BCUT2D eigenvalue weighted by Gasteiger charge is 2.06. The standard InChI is InChI=1S/C13H10.C6H10S/c1-4-10-6-2-8-12-9-3-7-11(5-1)13(10)12;1-3-5-7-6-4-2/h1-8H,9H2;3-4H,1-2,5-6H2. The molecule has 0 radical (unpaired) electrons. The van der Waals surface area contributed by atoms with Gasteiger partial charge in [0.05, 0.1) is 0 Å². The van der Waals surface area contributed by atoms with Crippen LogP contribution in [0.1, 0.15) is 11.1 Å². The van der Waals surface area contributed by atoms with Crippen LogP contribution in [-0.2, 0) is 6.42 Å². The maximum atomic E-state index is 3.58. The van der Waals surface area contributed by atoms with Gasteiger partial charge in [-0.3, -0.25) is 0 Å². The summed E-state index contributed by atoms with van der Waals surface area (Å²) in [7, 11) is 0. The summed E-state index contributed by atoms with van der Waals surface area (Å²) in [6, 6.07) is 13.0. The lowest BCUT2D eigenvalue weighted by Crippen LogP contribution is -1.91. The monoisotopic (exact) mass is 280 g/mol. The van der Waals surface area contributed by atoms with Gasteiger partial charge in [-0.15, -0.1) is 13.2 Å². The van der Waals surface area contributed by atoms with Gasteiger partial charge in [-0.2, -0.15) is 11.8 Å². The Morgan fingerprint density at radius 2 is 1.70 bits per heavy atom. The highest BCUT2D eigenvalue weighted by Crippen LogP contribution is 2.27. The van der Waals surface area contributed by atoms with Gasteiger partial charge < -0.3 is 0 Å². The molecule has 2 aromatic rings. The van der Waals surface area contributed by atoms with Crippen molar-refractivity contribution in [2.45, 2.75) is 6.42 Å². The minimum atomic E-state index is 1.03. The van der Waals surface area contributed by atoms with Crippen molar-refractivity contribution in [3.05, 3.63) is 78.9 Å². The SMILES string of the molecule is C1=Cc2cccc3cccc(c23)C1.C=CCSCC=C. The van der Waals surface area contributed by atoms with Crippen LogP contribution in [-0.4, -0.2) is 11.5 Å². The average molecular weight is 280 g/mol. The number of hydrogen-bond donors (Lipinski definition) is 0. The molecule has 0 saturated carbocycles. The molecule has 0 bridgehead atoms. The third-order valence-corrected chi connectivity index (χ3v) is 4.07. The molecule has 0 aliphatic heterocycles. The molecule has 1 aliphatic rings. The molecule has 0 nitrogen and oxygen atoms in total. The summed E-state index contributed by atoms with van der Waals surface area (Å²) in [6.07, 6.45) is 9.32. The van der Waals surface area contributed by atoms with Crippen LogP contribution >= 0.6 is 11.8 Å². The first-order chi connectivity index (χ1) is 9.86. The lowest BCUT2D eigenvalue weighted by molar-refractivity contribution is 1.29. The molecule has 102 valence electrons. The quantitative estimate of drug-likeness (QED) is 0.526. The van der Waals surface area contributed by atoms with Crippen molar-refractivity contribution in [2.24, 2.45) is 0 Å². The van der Waals surface area contributed by atoms with E-state index in [4.69, 9.17) is 0 Å². The van der Waals surface area contributed by atoms with Crippen molar-refractivity contribution < 1.29 is 0 Å². The number of benzene rings is 2. The molecule has 1 heteroatoms. The second kappa shape index (κ2) is 7.76. The fourth-order valence-electron chi connectivity index (χ4n) is 2.31. The van der Waals surface area contributed by atoms with E-state index in [1.54, 1.807) is 0 Å². The van der Waals surface area contributed by atoms with Crippen LogP contribution in [0.4, 0.5) is 0 Å². The molecule has 0 heterocycles. The molecule has 0 saturated heterocycles. The van der Waals surface area contributed by atoms with Crippen molar-refractivity contribution in [1.82, 2.24) is 0 Å². The molecule has 3 rings (SSSR count). The number of thioether (sulfide) groups is 1. The van der Waals surface area contributed by atoms with Crippen LogP contribution in [0.3, 0.4) is 0 Å². The normalized spacial score (nSPS) is 11.6. The van der Waals surface area contributed by atoms with E-state index in [1.807, 2.05) is 23.9 Å². The molecule has 0 atom stereocenters. The van der Waals surface area contributed by atoms with Crippen LogP contribution in [0.25, 0.3) is 16.8 Å². The van der Waals surface area contributed by atoms with Crippen molar-refractivity contribution in [3.63, 3.8) is 0 Å². The zero-order chi connectivity index (χ0) is 14.2. The first-order valence-electron chi connectivity index (χ1n) is 6.83. The van der Waals surface area contributed by atoms with Gasteiger partial charge in [0.15, 0.2) is 0 Å². The molecular formula is C19H20S. The Balaban J connectivity index is 0.000000182. The predicted molar refractivity (Wildman–Crippen MR) is 94.4 cm³/mol. The van der Waals surface area contributed by atoms with Crippen molar-refractivity contribution in [3.8, 4) is 0 Å². The van der Waals surface area contributed by atoms with Gasteiger partial charge in [0.1, 0.15) is 0 Å². The molecule has 2 aromatic carbocycles. The second-order valence-corrected chi connectivity index (χ2v) is 5.66. The molecular weight excluding hydrogens is 260 g/mol. The van der Waals surface area contributed by atoms with E-state index in [0.29, 0.717) is 0 Å². The Hall–Kier alpha value is -1.73. The second-order valence-electron chi connectivity index (χ2n) is 4.58. The maximum absolute atomic E-state index is 3.58.